The number of aliphatic carboxylic acids is 1. The summed E-state index contributed by atoms with van der Waals surface area (Å²) in [7, 11) is 3.39. The zero-order valence-corrected chi connectivity index (χ0v) is 32.5. The summed E-state index contributed by atoms with van der Waals surface area (Å²) in [6, 6.07) is 27.2. The molecule has 6 rings (SSSR count). The Hall–Kier alpha value is -5.95. The highest BCUT2D eigenvalue weighted by Crippen LogP contribution is 2.42. The number of carboxylic acid groups (broad SMARTS) is 1. The number of oxime groups is 1. The maximum Gasteiger partial charge on any atom is 0.352 e. The molecule has 0 spiro atoms. The number of carbonyl (C=O) groups is 4. The normalized spacial score (nSPS) is 17.8. The van der Waals surface area contributed by atoms with Gasteiger partial charge in [-0.15, -0.1) is 11.8 Å². The number of halogens is 1. The monoisotopic (exact) mass is 815 g/mol. The fraction of sp³-hybridized carbons (Fsp3) is 0.256. The van der Waals surface area contributed by atoms with Gasteiger partial charge >= 0.3 is 5.97 Å². The van der Waals surface area contributed by atoms with Crippen molar-refractivity contribution >= 4 is 57.8 Å². The van der Waals surface area contributed by atoms with Crippen LogP contribution in [0.15, 0.2) is 120 Å². The maximum absolute atomic E-state index is 13.8. The Morgan fingerprint density at radius 3 is 2.14 bits per heavy atom. The number of fused-ring (bicyclic) bond motifs is 1. The first-order valence-corrected chi connectivity index (χ1v) is 19.4. The van der Waals surface area contributed by atoms with Crippen molar-refractivity contribution < 1.29 is 43.1 Å². The summed E-state index contributed by atoms with van der Waals surface area (Å²) in [5.41, 5.74) is 6.71. The topological polar surface area (TPSA) is 209 Å². The van der Waals surface area contributed by atoms with Crippen molar-refractivity contribution in [1.29, 1.82) is 0 Å². The van der Waals surface area contributed by atoms with Crippen LogP contribution in [0.2, 0.25) is 0 Å². The molecule has 4 aromatic rings. The van der Waals surface area contributed by atoms with Crippen LogP contribution in [0, 0.1) is 0 Å². The van der Waals surface area contributed by atoms with Gasteiger partial charge < -0.3 is 35.9 Å². The number of thioether (sulfide) groups is 1. The highest BCUT2D eigenvalue weighted by atomic mass is 32.2. The molecule has 6 N–H and O–H groups in total. The van der Waals surface area contributed by atoms with Gasteiger partial charge in [-0.2, -0.15) is 9.36 Å². The largest absolute Gasteiger partial charge is 0.477 e. The number of β-lactam (4-membered cyclic amide) rings is 1. The van der Waals surface area contributed by atoms with E-state index in [2.05, 4.69) is 30.0 Å². The van der Waals surface area contributed by atoms with Gasteiger partial charge in [-0.05, 0) is 28.3 Å². The summed E-state index contributed by atoms with van der Waals surface area (Å²) < 4.78 is 17.7. The minimum Gasteiger partial charge on any atom is -0.477 e. The molecule has 0 aliphatic carbocycles. The van der Waals surface area contributed by atoms with Crippen molar-refractivity contribution in [3.05, 3.63) is 137 Å². The third-order valence-corrected chi connectivity index (χ3v) is 11.6. The van der Waals surface area contributed by atoms with Crippen molar-refractivity contribution in [2.75, 3.05) is 45.2 Å². The third-order valence-electron chi connectivity index (χ3n) is 9.70. The zero-order chi connectivity index (χ0) is 40.7. The van der Waals surface area contributed by atoms with Crippen molar-refractivity contribution in [3.8, 4) is 0 Å². The van der Waals surface area contributed by atoms with Crippen LogP contribution in [-0.4, -0.2) is 116 Å². The number of allylic oxidation sites excluding steroid dienone is 1. The Bertz CT molecular complexity index is 2110. The number of carbonyl (C=O) groups excluding carboxylic acids is 3. The molecular weight excluding hydrogens is 776 g/mol. The van der Waals surface area contributed by atoms with E-state index in [1.165, 1.54) is 11.8 Å². The van der Waals surface area contributed by atoms with Crippen LogP contribution in [0.4, 0.5) is 9.52 Å². The van der Waals surface area contributed by atoms with Gasteiger partial charge in [-0.3, -0.25) is 19.3 Å². The number of benzene rings is 3. The number of rotatable bonds is 17. The Labute approximate surface area is 335 Å². The second kappa shape index (κ2) is 17.5. The summed E-state index contributed by atoms with van der Waals surface area (Å²) in [5.74, 6) is -3.68. The molecule has 15 nitrogen and oxygen atoms in total. The second-order valence-corrected chi connectivity index (χ2v) is 15.4. The van der Waals surface area contributed by atoms with E-state index in [0.29, 0.717) is 5.57 Å². The van der Waals surface area contributed by atoms with Gasteiger partial charge in [0.25, 0.3) is 24.6 Å². The lowest BCUT2D eigenvalue weighted by Crippen LogP contribution is -2.71. The lowest BCUT2D eigenvalue weighted by atomic mass is 9.77. The zero-order valence-electron chi connectivity index (χ0n) is 30.8. The van der Waals surface area contributed by atoms with Gasteiger partial charge in [0.1, 0.15) is 29.3 Å². The molecule has 2 aliphatic heterocycles. The minimum atomic E-state index is -1.36. The number of primary amides is 1. The lowest BCUT2D eigenvalue weighted by Gasteiger charge is -2.49. The molecule has 0 unspecified atom stereocenters. The first-order chi connectivity index (χ1) is 27.4. The smallest absolute Gasteiger partial charge is 0.352 e. The number of aliphatic hydroxyl groups is 1. The average molecular weight is 816 g/mol. The predicted octanol–water partition coefficient (Wildman–Crippen LogP) is 2.81. The van der Waals surface area contributed by atoms with Crippen LogP contribution in [0.1, 0.15) is 22.5 Å². The van der Waals surface area contributed by atoms with Gasteiger partial charge in [-0.25, -0.2) is 9.18 Å². The number of anilines is 1. The van der Waals surface area contributed by atoms with Crippen LogP contribution in [0.25, 0.3) is 0 Å². The molecule has 3 amide bonds. The van der Waals surface area contributed by atoms with E-state index in [4.69, 9.17) is 5.73 Å². The molecule has 3 atom stereocenters. The molecular formula is C39H40FN8O7S2+. The van der Waals surface area contributed by atoms with Gasteiger partial charge in [0.05, 0.1) is 20.6 Å². The molecule has 57 heavy (non-hydrogen) atoms. The number of alkyl halides is 1. The number of nitrogens with two attached hydrogens (primary N) is 1. The summed E-state index contributed by atoms with van der Waals surface area (Å²) in [6.45, 7) is -1.60. The van der Waals surface area contributed by atoms with E-state index in [-0.39, 0.29) is 33.4 Å². The van der Waals surface area contributed by atoms with Crippen molar-refractivity contribution in [3.63, 3.8) is 0 Å². The first-order valence-electron chi connectivity index (χ1n) is 17.6. The molecule has 0 radical (unpaired) electrons. The summed E-state index contributed by atoms with van der Waals surface area (Å²) in [6.07, 6.45) is 3.21. The van der Waals surface area contributed by atoms with E-state index in [9.17, 15) is 33.8 Å². The van der Waals surface area contributed by atoms with Crippen molar-refractivity contribution in [2.45, 2.75) is 23.0 Å². The molecule has 0 saturated carbocycles. The highest BCUT2D eigenvalue weighted by Gasteiger charge is 2.54. The number of quaternary nitrogens is 1. The fourth-order valence-corrected chi connectivity index (χ4v) is 8.76. The maximum atomic E-state index is 13.8. The summed E-state index contributed by atoms with van der Waals surface area (Å²) in [5, 5.41) is 29.1. The van der Waals surface area contributed by atoms with Crippen LogP contribution in [0.3, 0.4) is 0 Å². The summed E-state index contributed by atoms with van der Waals surface area (Å²) >= 11 is 2.16. The standard InChI is InChI=1S/C39H39FN8O7S2/c1-48(2,28(21-49)32(41)50)20-12-13-24-22-56-36-30(35(52)47(36)31(24)37(53)54)42-34(51)29(45-55-23-40)33-43-38(57-46-33)44-39(25-14-6-3-7-15-25,26-16-8-4-9-17-26)27-18-10-5-11-19-27/h3-19,28,30,36,49H,20-23H2,1-2H3,(H4-,41,42,43,44,46,50,51,53,54)/p+1/b13-12+,45-29+/t28-,30-,36-/m1/s1. The number of aliphatic hydroxyl groups excluding tert-OH is 1. The Morgan fingerprint density at radius 2 is 1.63 bits per heavy atom. The number of amides is 3. The second-order valence-electron chi connectivity index (χ2n) is 13.6. The number of carboxylic acids is 1. The predicted molar refractivity (Wildman–Crippen MR) is 212 cm³/mol. The average Bonchev–Trinajstić information content (AvgIpc) is 3.67. The quantitative estimate of drug-likeness (QED) is 0.0344. The molecule has 2 aliphatic rings. The molecule has 3 aromatic carbocycles. The fourth-order valence-electron chi connectivity index (χ4n) is 6.81. The summed E-state index contributed by atoms with van der Waals surface area (Å²) in [4.78, 5) is 61.8. The van der Waals surface area contributed by atoms with Crippen molar-refractivity contribution in [2.24, 2.45) is 10.9 Å². The Morgan fingerprint density at radius 1 is 1.05 bits per heavy atom. The molecule has 1 fully saturated rings. The van der Waals surface area contributed by atoms with Gasteiger partial charge in [0.2, 0.25) is 16.7 Å². The van der Waals surface area contributed by atoms with E-state index in [1.54, 1.807) is 26.2 Å². The molecule has 18 heteroatoms. The van der Waals surface area contributed by atoms with E-state index >= 15 is 0 Å². The van der Waals surface area contributed by atoms with Gasteiger partial charge in [0.15, 0.2) is 6.04 Å². The highest BCUT2D eigenvalue weighted by molar-refractivity contribution is 8.00. The minimum absolute atomic E-state index is 0.0138. The number of aromatic nitrogens is 2. The number of likely N-dealkylation sites (N-methyl/N-ethyl adjacent to an activating group) is 1. The number of nitrogens with zero attached hydrogens (tertiary/aromatic N) is 5. The first kappa shape index (κ1) is 40.7. The molecule has 1 saturated heterocycles. The van der Waals surface area contributed by atoms with E-state index < -0.39 is 65.9 Å². The molecule has 1 aromatic heterocycles. The number of hydrogen-bond acceptors (Lipinski definition) is 12. The number of nitrogens with one attached hydrogen (secondary N) is 2. The molecule has 296 valence electrons. The van der Waals surface area contributed by atoms with Crippen molar-refractivity contribution in [1.82, 2.24) is 19.6 Å². The number of hydrogen-bond donors (Lipinski definition) is 5. The lowest BCUT2D eigenvalue weighted by molar-refractivity contribution is -0.900. The van der Waals surface area contributed by atoms with Crippen LogP contribution in [-0.2, 0) is 29.6 Å². The Kier molecular flexibility index (Phi) is 12.5. The van der Waals surface area contributed by atoms with E-state index in [1.807, 2.05) is 91.0 Å². The SMILES string of the molecule is C[N+](C)(C/C=C/C1=C(C(=O)O)N2C(=O)[C@@H](NC(=O)/C(=N/OCF)c3nsc(NC(c4ccccc4)(c4ccccc4)c4ccccc4)n3)[C@H]2SC1)[C@H](CO)C(N)=O. The van der Waals surface area contributed by atoms with E-state index in [0.717, 1.165) is 33.1 Å². The van der Waals surface area contributed by atoms with Gasteiger partial charge in [-0.1, -0.05) is 102 Å². The third kappa shape index (κ3) is 8.29. The molecule has 0 bridgehead atoms. The van der Waals surface area contributed by atoms with Crippen LogP contribution >= 0.6 is 23.3 Å². The van der Waals surface area contributed by atoms with Crippen LogP contribution in [0.5, 0.6) is 0 Å². The van der Waals surface area contributed by atoms with Crippen LogP contribution < -0.4 is 16.4 Å². The molecule has 3 heterocycles. The Balaban J connectivity index is 1.24. The van der Waals surface area contributed by atoms with Gasteiger partial charge in [0, 0.05) is 17.3 Å².